The first-order valence-electron chi connectivity index (χ1n) is 7.55. The topological polar surface area (TPSA) is 56.2 Å². The molecule has 0 atom stereocenters. The van der Waals surface area contributed by atoms with Gasteiger partial charge < -0.3 is 10.1 Å². The molecule has 0 radical (unpaired) electrons. The van der Waals surface area contributed by atoms with E-state index < -0.39 is 0 Å². The van der Waals surface area contributed by atoms with Crippen molar-refractivity contribution < 1.29 is 9.53 Å². The first kappa shape index (κ1) is 16.1. The number of ether oxygens (including phenoxy) is 1. The number of hydrogen-bond acceptors (Lipinski definition) is 3. The molecule has 22 heavy (non-hydrogen) atoms. The van der Waals surface area contributed by atoms with Crippen LogP contribution in [0.25, 0.3) is 11.3 Å². The van der Waals surface area contributed by atoms with Crippen LogP contribution in [0.5, 0.6) is 5.75 Å². The average molecular weight is 301 g/mol. The van der Waals surface area contributed by atoms with Gasteiger partial charge in [0.05, 0.1) is 12.8 Å². The quantitative estimate of drug-likeness (QED) is 0.892. The standard InChI is InChI=1S/C17H23N3O2/c1-5-20-16(13-6-8-14(22-4)9-7-13)10-15(19-20)17(21)18-11-12(2)3/h6-10,12H,5,11H2,1-4H3,(H,18,21). The molecule has 1 heterocycles. The Labute approximate surface area is 131 Å². The van der Waals surface area contributed by atoms with E-state index >= 15 is 0 Å². The minimum absolute atomic E-state index is 0.129. The zero-order valence-corrected chi connectivity index (χ0v) is 13.6. The Kier molecular flexibility index (Phi) is 5.20. The number of rotatable bonds is 6. The summed E-state index contributed by atoms with van der Waals surface area (Å²) in [6.45, 7) is 7.49. The summed E-state index contributed by atoms with van der Waals surface area (Å²) in [6, 6.07) is 9.58. The second-order valence-corrected chi connectivity index (χ2v) is 5.56. The lowest BCUT2D eigenvalue weighted by Gasteiger charge is -2.05. The van der Waals surface area contributed by atoms with Gasteiger partial charge in [0, 0.05) is 18.7 Å². The molecule has 1 aromatic carbocycles. The van der Waals surface area contributed by atoms with Crippen LogP contribution in [-0.2, 0) is 6.54 Å². The molecule has 0 aliphatic heterocycles. The highest BCUT2D eigenvalue weighted by molar-refractivity contribution is 5.93. The van der Waals surface area contributed by atoms with Crippen LogP contribution in [0.3, 0.4) is 0 Å². The first-order valence-corrected chi connectivity index (χ1v) is 7.55. The molecule has 0 saturated carbocycles. The Hall–Kier alpha value is -2.30. The predicted molar refractivity (Wildman–Crippen MR) is 87.1 cm³/mol. The van der Waals surface area contributed by atoms with E-state index in [9.17, 15) is 4.79 Å². The van der Waals surface area contributed by atoms with Crippen molar-refractivity contribution in [2.24, 2.45) is 5.92 Å². The number of nitrogens with zero attached hydrogens (tertiary/aromatic N) is 2. The van der Waals surface area contributed by atoms with Gasteiger partial charge in [-0.25, -0.2) is 0 Å². The number of aromatic nitrogens is 2. The van der Waals surface area contributed by atoms with Crippen LogP contribution in [-0.4, -0.2) is 29.3 Å². The van der Waals surface area contributed by atoms with Crippen LogP contribution in [0.2, 0.25) is 0 Å². The molecule has 0 spiro atoms. The van der Waals surface area contributed by atoms with Gasteiger partial charge >= 0.3 is 0 Å². The summed E-state index contributed by atoms with van der Waals surface area (Å²) in [5.74, 6) is 1.09. The number of hydrogen-bond donors (Lipinski definition) is 1. The van der Waals surface area contributed by atoms with Crippen LogP contribution < -0.4 is 10.1 Å². The van der Waals surface area contributed by atoms with Crippen molar-refractivity contribution in [3.05, 3.63) is 36.0 Å². The first-order chi connectivity index (χ1) is 10.5. The van der Waals surface area contributed by atoms with Gasteiger partial charge in [-0.15, -0.1) is 0 Å². The third kappa shape index (κ3) is 3.67. The minimum Gasteiger partial charge on any atom is -0.497 e. The average Bonchev–Trinajstić information content (AvgIpc) is 2.97. The third-order valence-corrected chi connectivity index (χ3v) is 3.37. The summed E-state index contributed by atoms with van der Waals surface area (Å²) in [4.78, 5) is 12.2. The predicted octanol–water partition coefficient (Wildman–Crippen LogP) is 2.96. The maximum absolute atomic E-state index is 12.2. The van der Waals surface area contributed by atoms with Crippen molar-refractivity contribution in [2.45, 2.75) is 27.3 Å². The molecule has 5 heteroatoms. The van der Waals surface area contributed by atoms with E-state index in [1.165, 1.54) is 0 Å². The second-order valence-electron chi connectivity index (χ2n) is 5.56. The van der Waals surface area contributed by atoms with Gasteiger partial charge in [0.25, 0.3) is 5.91 Å². The number of nitrogens with one attached hydrogen (secondary N) is 1. The van der Waals surface area contributed by atoms with Crippen molar-refractivity contribution in [1.29, 1.82) is 0 Å². The summed E-state index contributed by atoms with van der Waals surface area (Å²) >= 11 is 0. The largest absolute Gasteiger partial charge is 0.497 e. The number of carbonyl (C=O) groups is 1. The van der Waals surface area contributed by atoms with Gasteiger partial charge in [-0.05, 0) is 43.2 Å². The number of benzene rings is 1. The number of aryl methyl sites for hydroxylation is 1. The molecular formula is C17H23N3O2. The lowest BCUT2D eigenvalue weighted by Crippen LogP contribution is -2.27. The molecule has 0 fully saturated rings. The third-order valence-electron chi connectivity index (χ3n) is 3.37. The van der Waals surface area contributed by atoms with Gasteiger partial charge in [-0.2, -0.15) is 5.10 Å². The summed E-state index contributed by atoms with van der Waals surface area (Å²) in [6.07, 6.45) is 0. The molecule has 0 saturated heterocycles. The van der Waals surface area contributed by atoms with Gasteiger partial charge in [-0.1, -0.05) is 13.8 Å². The Balaban J connectivity index is 2.26. The minimum atomic E-state index is -0.129. The van der Waals surface area contributed by atoms with Crippen molar-refractivity contribution in [3.63, 3.8) is 0 Å². The molecule has 2 rings (SSSR count). The number of methoxy groups -OCH3 is 1. The molecule has 0 unspecified atom stereocenters. The van der Waals surface area contributed by atoms with E-state index in [-0.39, 0.29) is 5.91 Å². The van der Waals surface area contributed by atoms with Gasteiger partial charge in [0.1, 0.15) is 5.75 Å². The Morgan fingerprint density at radius 1 is 1.32 bits per heavy atom. The Morgan fingerprint density at radius 3 is 2.55 bits per heavy atom. The number of amides is 1. The van der Waals surface area contributed by atoms with E-state index in [0.717, 1.165) is 17.0 Å². The van der Waals surface area contributed by atoms with Gasteiger partial charge in [0.2, 0.25) is 0 Å². The second kappa shape index (κ2) is 7.11. The van der Waals surface area contributed by atoms with E-state index in [0.29, 0.717) is 24.7 Å². The molecule has 1 amide bonds. The van der Waals surface area contributed by atoms with E-state index in [1.54, 1.807) is 7.11 Å². The fourth-order valence-corrected chi connectivity index (χ4v) is 2.15. The fraction of sp³-hybridized carbons (Fsp3) is 0.412. The SMILES string of the molecule is CCn1nc(C(=O)NCC(C)C)cc1-c1ccc(OC)cc1. The van der Waals surface area contributed by atoms with Crippen molar-refractivity contribution in [1.82, 2.24) is 15.1 Å². The van der Waals surface area contributed by atoms with Crippen molar-refractivity contribution in [3.8, 4) is 17.0 Å². The fourth-order valence-electron chi connectivity index (χ4n) is 2.15. The molecule has 0 bridgehead atoms. The monoisotopic (exact) mass is 301 g/mol. The highest BCUT2D eigenvalue weighted by Gasteiger charge is 2.15. The Bertz CT molecular complexity index is 630. The van der Waals surface area contributed by atoms with Crippen LogP contribution >= 0.6 is 0 Å². The molecule has 1 N–H and O–H groups in total. The molecule has 1 aromatic heterocycles. The van der Waals surface area contributed by atoms with Crippen molar-refractivity contribution in [2.75, 3.05) is 13.7 Å². The van der Waals surface area contributed by atoms with Crippen molar-refractivity contribution >= 4 is 5.91 Å². The van der Waals surface area contributed by atoms with Crippen LogP contribution in [0.15, 0.2) is 30.3 Å². The Morgan fingerprint density at radius 2 is 2.00 bits per heavy atom. The molecule has 5 nitrogen and oxygen atoms in total. The van der Waals surface area contributed by atoms with E-state index in [2.05, 4.69) is 24.3 Å². The van der Waals surface area contributed by atoms with Crippen LogP contribution in [0, 0.1) is 5.92 Å². The highest BCUT2D eigenvalue weighted by atomic mass is 16.5. The summed E-state index contributed by atoms with van der Waals surface area (Å²) < 4.78 is 7.01. The number of carbonyl (C=O) groups excluding carboxylic acids is 1. The smallest absolute Gasteiger partial charge is 0.271 e. The lowest BCUT2D eigenvalue weighted by molar-refractivity contribution is 0.0943. The molecular weight excluding hydrogens is 278 g/mol. The maximum Gasteiger partial charge on any atom is 0.271 e. The van der Waals surface area contributed by atoms with Crippen LogP contribution in [0.4, 0.5) is 0 Å². The van der Waals surface area contributed by atoms with Gasteiger partial charge in [0.15, 0.2) is 5.69 Å². The zero-order chi connectivity index (χ0) is 16.1. The summed E-state index contributed by atoms with van der Waals surface area (Å²) in [5, 5.41) is 7.30. The molecule has 0 aliphatic carbocycles. The molecule has 118 valence electrons. The maximum atomic E-state index is 12.2. The summed E-state index contributed by atoms with van der Waals surface area (Å²) in [5.41, 5.74) is 2.39. The lowest BCUT2D eigenvalue weighted by atomic mass is 10.1. The molecule has 0 aliphatic rings. The van der Waals surface area contributed by atoms with Gasteiger partial charge in [-0.3, -0.25) is 9.48 Å². The summed E-state index contributed by atoms with van der Waals surface area (Å²) in [7, 11) is 1.64. The van der Waals surface area contributed by atoms with Crippen LogP contribution in [0.1, 0.15) is 31.3 Å². The zero-order valence-electron chi connectivity index (χ0n) is 13.6. The highest BCUT2D eigenvalue weighted by Crippen LogP contribution is 2.23. The van der Waals surface area contributed by atoms with E-state index in [4.69, 9.17) is 4.74 Å². The molecule has 2 aromatic rings. The van der Waals surface area contributed by atoms with E-state index in [1.807, 2.05) is 41.9 Å². The normalized spacial score (nSPS) is 10.8.